The summed E-state index contributed by atoms with van der Waals surface area (Å²) in [4.78, 5) is 26.7. The van der Waals surface area contributed by atoms with Crippen molar-refractivity contribution in [1.29, 1.82) is 0 Å². The average molecular weight is 505 g/mol. The molecule has 194 valence electrons. The Bertz CT molecular complexity index is 1090. The van der Waals surface area contributed by atoms with Crippen molar-refractivity contribution in [2.45, 2.75) is 49.5 Å². The Balaban J connectivity index is 1.18. The number of rotatable bonds is 7. The van der Waals surface area contributed by atoms with Crippen LogP contribution in [0.4, 0.5) is 13.2 Å². The number of amides is 2. The second kappa shape index (κ2) is 10.5. The van der Waals surface area contributed by atoms with Crippen LogP contribution in [0.3, 0.4) is 0 Å². The van der Waals surface area contributed by atoms with Gasteiger partial charge in [0.15, 0.2) is 0 Å². The van der Waals surface area contributed by atoms with Gasteiger partial charge in [0.05, 0.1) is 25.3 Å². The highest BCUT2D eigenvalue weighted by atomic mass is 19.4. The predicted octanol–water partition coefficient (Wildman–Crippen LogP) is 3.04. The zero-order chi connectivity index (χ0) is 25.9. The molecule has 0 radical (unpaired) electrons. The summed E-state index contributed by atoms with van der Waals surface area (Å²) in [6, 6.07) is 12.4. The van der Waals surface area contributed by atoms with E-state index in [9.17, 15) is 22.8 Å². The number of methoxy groups -OCH3 is 1. The minimum atomic E-state index is -4.54. The van der Waals surface area contributed by atoms with Crippen molar-refractivity contribution >= 4 is 11.8 Å². The average Bonchev–Trinajstić information content (AvgIpc) is 2.85. The molecule has 2 aromatic carbocycles. The van der Waals surface area contributed by atoms with E-state index < -0.39 is 17.6 Å². The molecule has 1 aliphatic heterocycles. The second-order valence-electron chi connectivity index (χ2n) is 9.60. The Morgan fingerprint density at radius 1 is 1.11 bits per heavy atom. The van der Waals surface area contributed by atoms with Gasteiger partial charge in [0.25, 0.3) is 5.91 Å². The van der Waals surface area contributed by atoms with E-state index in [1.807, 2.05) is 24.3 Å². The molecule has 4 N–H and O–H groups in total. The summed E-state index contributed by atoms with van der Waals surface area (Å²) >= 11 is 0. The van der Waals surface area contributed by atoms with Crippen LogP contribution in [0.5, 0.6) is 5.75 Å². The van der Waals surface area contributed by atoms with E-state index in [4.69, 9.17) is 10.5 Å². The molecule has 0 aromatic heterocycles. The van der Waals surface area contributed by atoms with Gasteiger partial charge < -0.3 is 21.1 Å². The van der Waals surface area contributed by atoms with E-state index in [-0.39, 0.29) is 29.6 Å². The molecule has 2 fully saturated rings. The normalized spacial score (nSPS) is 23.0. The Morgan fingerprint density at radius 3 is 2.47 bits per heavy atom. The van der Waals surface area contributed by atoms with Gasteiger partial charge in [0.1, 0.15) is 5.75 Å². The van der Waals surface area contributed by atoms with Crippen molar-refractivity contribution in [3.63, 3.8) is 0 Å². The quantitative estimate of drug-likeness (QED) is 0.539. The van der Waals surface area contributed by atoms with E-state index >= 15 is 0 Å². The molecule has 1 saturated carbocycles. The maximum Gasteiger partial charge on any atom is 0.416 e. The Labute approximate surface area is 208 Å². The lowest BCUT2D eigenvalue weighted by Gasteiger charge is -2.48. The van der Waals surface area contributed by atoms with E-state index in [2.05, 4.69) is 15.5 Å². The van der Waals surface area contributed by atoms with Gasteiger partial charge in [-0.1, -0.05) is 18.2 Å². The first kappa shape index (κ1) is 26.0. The van der Waals surface area contributed by atoms with E-state index in [1.54, 1.807) is 7.11 Å². The van der Waals surface area contributed by atoms with Crippen LogP contribution in [0, 0.1) is 0 Å². The molecule has 1 aliphatic carbocycles. The molecule has 1 heterocycles. The predicted molar refractivity (Wildman–Crippen MR) is 128 cm³/mol. The highest BCUT2D eigenvalue weighted by molar-refractivity contribution is 5.96. The summed E-state index contributed by atoms with van der Waals surface area (Å²) in [5.41, 5.74) is 6.38. The third-order valence-corrected chi connectivity index (χ3v) is 7.14. The smallest absolute Gasteiger partial charge is 0.416 e. The summed E-state index contributed by atoms with van der Waals surface area (Å²) in [6.07, 6.45) is -0.897. The van der Waals surface area contributed by atoms with Crippen molar-refractivity contribution < 1.29 is 27.5 Å². The van der Waals surface area contributed by atoms with E-state index in [0.29, 0.717) is 19.1 Å². The second-order valence-corrected chi connectivity index (χ2v) is 9.60. The van der Waals surface area contributed by atoms with Crippen LogP contribution in [-0.4, -0.2) is 55.5 Å². The van der Waals surface area contributed by atoms with Gasteiger partial charge in [0.2, 0.25) is 5.91 Å². The first-order chi connectivity index (χ1) is 17.1. The van der Waals surface area contributed by atoms with Crippen LogP contribution in [0.2, 0.25) is 0 Å². The molecule has 2 aromatic rings. The van der Waals surface area contributed by atoms with Crippen molar-refractivity contribution in [3.8, 4) is 5.75 Å². The SMILES string of the molecule is COc1cccc(C2(N)CCC(N3CC(NC(=O)CNC(=O)c4cccc(C(F)(F)F)c4)C3)CC2)c1. The number of ether oxygens (including phenoxy) is 1. The maximum absolute atomic E-state index is 12.8. The van der Waals surface area contributed by atoms with Crippen LogP contribution in [0.15, 0.2) is 48.5 Å². The number of alkyl halides is 3. The standard InChI is InChI=1S/C26H31F3N4O3/c1-36-22-7-3-5-18(13-22)25(30)10-8-21(9-11-25)33-15-20(16-33)32-23(34)14-31-24(35)17-4-2-6-19(12-17)26(27,28)29/h2-7,12-13,20-21H,8-11,14-16,30H2,1H3,(H,31,35)(H,32,34). The third kappa shape index (κ3) is 5.99. The van der Waals surface area contributed by atoms with Gasteiger partial charge in [-0.15, -0.1) is 0 Å². The topological polar surface area (TPSA) is 96.7 Å². The van der Waals surface area contributed by atoms with Crippen LogP contribution in [0.25, 0.3) is 0 Å². The molecule has 0 bridgehead atoms. The fraction of sp³-hybridized carbons (Fsp3) is 0.462. The van der Waals surface area contributed by atoms with Gasteiger partial charge in [-0.25, -0.2) is 0 Å². The summed E-state index contributed by atoms with van der Waals surface area (Å²) < 4.78 is 43.8. The number of nitrogens with zero attached hydrogens (tertiary/aromatic N) is 1. The molecular formula is C26H31F3N4O3. The molecule has 10 heteroatoms. The zero-order valence-corrected chi connectivity index (χ0v) is 20.1. The van der Waals surface area contributed by atoms with Crippen LogP contribution in [0.1, 0.15) is 47.2 Å². The molecule has 2 aliphatic rings. The minimum Gasteiger partial charge on any atom is -0.497 e. The Kier molecular flexibility index (Phi) is 7.56. The van der Waals surface area contributed by atoms with Crippen LogP contribution in [-0.2, 0) is 16.5 Å². The van der Waals surface area contributed by atoms with E-state index in [1.165, 1.54) is 6.07 Å². The minimum absolute atomic E-state index is 0.0223. The highest BCUT2D eigenvalue weighted by Gasteiger charge is 2.39. The first-order valence-electron chi connectivity index (χ1n) is 12.0. The molecule has 2 amide bonds. The van der Waals surface area contributed by atoms with Crippen molar-refractivity contribution in [2.75, 3.05) is 26.7 Å². The van der Waals surface area contributed by atoms with Crippen molar-refractivity contribution in [1.82, 2.24) is 15.5 Å². The largest absolute Gasteiger partial charge is 0.497 e. The number of hydrogen-bond acceptors (Lipinski definition) is 5. The van der Waals surface area contributed by atoms with Crippen LogP contribution >= 0.6 is 0 Å². The number of carbonyl (C=O) groups is 2. The van der Waals surface area contributed by atoms with Gasteiger partial charge in [0, 0.05) is 30.2 Å². The molecule has 1 saturated heterocycles. The van der Waals surface area contributed by atoms with Crippen LogP contribution < -0.4 is 21.1 Å². The molecule has 7 nitrogen and oxygen atoms in total. The first-order valence-corrected chi connectivity index (χ1v) is 12.0. The molecule has 0 atom stereocenters. The Hall–Kier alpha value is -3.11. The number of hydrogen-bond donors (Lipinski definition) is 3. The lowest BCUT2D eigenvalue weighted by Crippen LogP contribution is -2.63. The summed E-state index contributed by atoms with van der Waals surface area (Å²) in [6.45, 7) is 1.13. The number of likely N-dealkylation sites (tertiary alicyclic amines) is 1. The molecule has 0 unspecified atom stereocenters. The Morgan fingerprint density at radius 2 is 1.81 bits per heavy atom. The monoisotopic (exact) mass is 504 g/mol. The molecule has 0 spiro atoms. The lowest BCUT2D eigenvalue weighted by molar-refractivity contribution is -0.137. The molecule has 4 rings (SSSR count). The van der Waals surface area contributed by atoms with Gasteiger partial charge in [-0.3, -0.25) is 14.5 Å². The van der Waals surface area contributed by atoms with Crippen molar-refractivity contribution in [3.05, 3.63) is 65.2 Å². The number of nitrogens with two attached hydrogens (primary N) is 1. The zero-order valence-electron chi connectivity index (χ0n) is 20.1. The third-order valence-electron chi connectivity index (χ3n) is 7.14. The highest BCUT2D eigenvalue weighted by Crippen LogP contribution is 2.38. The number of benzene rings is 2. The van der Waals surface area contributed by atoms with Gasteiger partial charge in [-0.2, -0.15) is 13.2 Å². The van der Waals surface area contributed by atoms with Crippen molar-refractivity contribution in [2.24, 2.45) is 5.73 Å². The molecule has 36 heavy (non-hydrogen) atoms. The summed E-state index contributed by atoms with van der Waals surface area (Å²) in [5, 5.41) is 5.25. The summed E-state index contributed by atoms with van der Waals surface area (Å²) in [5.74, 6) is -0.301. The molecular weight excluding hydrogens is 473 g/mol. The summed E-state index contributed by atoms with van der Waals surface area (Å²) in [7, 11) is 1.64. The fourth-order valence-electron chi connectivity index (χ4n) is 4.98. The number of carbonyl (C=O) groups excluding carboxylic acids is 2. The van der Waals surface area contributed by atoms with Gasteiger partial charge in [-0.05, 0) is 61.6 Å². The van der Waals surface area contributed by atoms with E-state index in [0.717, 1.165) is 55.2 Å². The maximum atomic E-state index is 12.8. The van der Waals surface area contributed by atoms with Gasteiger partial charge >= 0.3 is 6.18 Å². The lowest BCUT2D eigenvalue weighted by atomic mass is 9.74. The number of nitrogens with one attached hydrogen (secondary N) is 2. The number of halogens is 3. The fourth-order valence-corrected chi connectivity index (χ4v) is 4.98.